The molecule has 1 saturated heterocycles. The van der Waals surface area contributed by atoms with Gasteiger partial charge >= 0.3 is 0 Å². The van der Waals surface area contributed by atoms with Crippen molar-refractivity contribution in [1.29, 1.82) is 5.26 Å². The van der Waals surface area contributed by atoms with Gasteiger partial charge < -0.3 is 4.90 Å². The van der Waals surface area contributed by atoms with Gasteiger partial charge in [0.05, 0.1) is 6.07 Å². The summed E-state index contributed by atoms with van der Waals surface area (Å²) in [6.07, 6.45) is 4.74. The fourth-order valence-electron chi connectivity index (χ4n) is 2.52. The molecule has 1 rings (SSSR count). The predicted molar refractivity (Wildman–Crippen MR) is 71.8 cm³/mol. The van der Waals surface area contributed by atoms with Crippen LogP contribution in [-0.2, 0) is 0 Å². The van der Waals surface area contributed by atoms with Crippen LogP contribution in [0.25, 0.3) is 0 Å². The lowest BCUT2D eigenvalue weighted by molar-refractivity contribution is 0.185. The van der Waals surface area contributed by atoms with Crippen LogP contribution in [-0.4, -0.2) is 36.6 Å². The van der Waals surface area contributed by atoms with Gasteiger partial charge in [0.15, 0.2) is 0 Å². The van der Waals surface area contributed by atoms with E-state index in [2.05, 4.69) is 30.1 Å². The van der Waals surface area contributed by atoms with Crippen molar-refractivity contribution in [3.8, 4) is 6.07 Å². The van der Waals surface area contributed by atoms with E-state index in [-0.39, 0.29) is 5.54 Å². The third-order valence-electron chi connectivity index (χ3n) is 3.84. The number of hydrogen-bond acceptors (Lipinski definition) is 3. The molecule has 0 saturated carbocycles. The second-order valence-electron chi connectivity index (χ2n) is 5.60. The van der Waals surface area contributed by atoms with E-state index < -0.39 is 0 Å². The van der Waals surface area contributed by atoms with Gasteiger partial charge in [-0.15, -0.1) is 0 Å². The Morgan fingerprint density at radius 1 is 1.41 bits per heavy atom. The number of hydrogen-bond donors (Lipinski definition) is 1. The van der Waals surface area contributed by atoms with Crippen LogP contribution in [0.5, 0.6) is 0 Å². The smallest absolute Gasteiger partial charge is 0.103 e. The maximum absolute atomic E-state index is 9.16. The lowest BCUT2D eigenvalue weighted by Gasteiger charge is -2.31. The van der Waals surface area contributed by atoms with E-state index >= 15 is 0 Å². The minimum absolute atomic E-state index is 0.335. The standard InChI is InChI=1S/C14H27N3/c1-4-16-14(3,12-15)8-5-9-17-10-6-13(2)7-11-17/h13,16H,4-11H2,1-3H3. The number of rotatable bonds is 6. The average molecular weight is 237 g/mol. The van der Waals surface area contributed by atoms with Gasteiger partial charge in [0.1, 0.15) is 5.54 Å². The topological polar surface area (TPSA) is 39.1 Å². The van der Waals surface area contributed by atoms with Crippen LogP contribution in [0.4, 0.5) is 0 Å². The summed E-state index contributed by atoms with van der Waals surface area (Å²) in [6, 6.07) is 2.39. The molecule has 1 aliphatic rings. The highest BCUT2D eigenvalue weighted by Gasteiger charge is 2.22. The Kier molecular flexibility index (Phi) is 5.94. The maximum Gasteiger partial charge on any atom is 0.103 e. The lowest BCUT2D eigenvalue weighted by Crippen LogP contribution is -2.42. The number of nitrogens with zero attached hydrogens (tertiary/aromatic N) is 2. The monoisotopic (exact) mass is 237 g/mol. The molecule has 98 valence electrons. The number of nitriles is 1. The molecule has 0 aromatic carbocycles. The van der Waals surface area contributed by atoms with Crippen molar-refractivity contribution in [2.75, 3.05) is 26.2 Å². The van der Waals surface area contributed by atoms with Crippen LogP contribution in [0.3, 0.4) is 0 Å². The Balaban J connectivity index is 2.21. The van der Waals surface area contributed by atoms with Gasteiger partial charge in [0.25, 0.3) is 0 Å². The maximum atomic E-state index is 9.16. The molecule has 1 atom stereocenters. The highest BCUT2D eigenvalue weighted by molar-refractivity contribution is 5.03. The summed E-state index contributed by atoms with van der Waals surface area (Å²) >= 11 is 0. The van der Waals surface area contributed by atoms with Gasteiger partial charge in [0.2, 0.25) is 0 Å². The van der Waals surface area contributed by atoms with Crippen molar-refractivity contribution < 1.29 is 0 Å². The van der Waals surface area contributed by atoms with E-state index in [1.165, 1.54) is 25.9 Å². The summed E-state index contributed by atoms with van der Waals surface area (Å²) in [5.41, 5.74) is -0.335. The zero-order chi connectivity index (χ0) is 12.7. The van der Waals surface area contributed by atoms with Crippen LogP contribution >= 0.6 is 0 Å². The average Bonchev–Trinajstić information content (AvgIpc) is 2.32. The molecule has 17 heavy (non-hydrogen) atoms. The van der Waals surface area contributed by atoms with Crippen molar-refractivity contribution in [1.82, 2.24) is 10.2 Å². The van der Waals surface area contributed by atoms with Crippen molar-refractivity contribution >= 4 is 0 Å². The van der Waals surface area contributed by atoms with Crippen molar-refractivity contribution in [2.24, 2.45) is 5.92 Å². The summed E-state index contributed by atoms with van der Waals surface area (Å²) < 4.78 is 0. The fourth-order valence-corrected chi connectivity index (χ4v) is 2.52. The minimum atomic E-state index is -0.335. The first-order valence-electron chi connectivity index (χ1n) is 6.98. The van der Waals surface area contributed by atoms with Gasteiger partial charge in [-0.1, -0.05) is 13.8 Å². The number of piperidine rings is 1. The van der Waals surface area contributed by atoms with E-state index in [1.54, 1.807) is 0 Å². The zero-order valence-electron chi connectivity index (χ0n) is 11.6. The van der Waals surface area contributed by atoms with E-state index in [1.807, 2.05) is 6.92 Å². The van der Waals surface area contributed by atoms with E-state index in [9.17, 15) is 0 Å². The summed E-state index contributed by atoms with van der Waals surface area (Å²) in [5.74, 6) is 0.900. The molecule has 1 fully saturated rings. The molecular formula is C14H27N3. The van der Waals surface area contributed by atoms with E-state index in [0.29, 0.717) is 0 Å². The first-order chi connectivity index (χ1) is 8.09. The minimum Gasteiger partial charge on any atom is -0.303 e. The summed E-state index contributed by atoms with van der Waals surface area (Å²) in [7, 11) is 0. The van der Waals surface area contributed by atoms with Crippen molar-refractivity contribution in [3.05, 3.63) is 0 Å². The van der Waals surface area contributed by atoms with Crippen LogP contribution < -0.4 is 5.32 Å². The Morgan fingerprint density at radius 2 is 2.06 bits per heavy atom. The molecule has 0 spiro atoms. The Morgan fingerprint density at radius 3 is 2.59 bits per heavy atom. The van der Waals surface area contributed by atoms with E-state index in [0.717, 1.165) is 31.8 Å². The number of likely N-dealkylation sites (tertiary alicyclic amines) is 1. The Bertz CT molecular complexity index is 251. The molecule has 0 aliphatic carbocycles. The third kappa shape index (κ3) is 5.06. The Hall–Kier alpha value is -0.590. The highest BCUT2D eigenvalue weighted by Crippen LogP contribution is 2.17. The summed E-state index contributed by atoms with van der Waals surface area (Å²) in [4.78, 5) is 2.55. The zero-order valence-corrected chi connectivity index (χ0v) is 11.6. The highest BCUT2D eigenvalue weighted by atomic mass is 15.1. The third-order valence-corrected chi connectivity index (χ3v) is 3.84. The molecule has 1 heterocycles. The molecule has 1 unspecified atom stereocenters. The van der Waals surface area contributed by atoms with Gasteiger partial charge in [-0.2, -0.15) is 5.26 Å². The molecular weight excluding hydrogens is 210 g/mol. The quantitative estimate of drug-likeness (QED) is 0.771. The lowest BCUT2D eigenvalue weighted by atomic mass is 9.96. The largest absolute Gasteiger partial charge is 0.303 e. The first kappa shape index (κ1) is 14.5. The second-order valence-corrected chi connectivity index (χ2v) is 5.60. The van der Waals surface area contributed by atoms with Crippen LogP contribution in [0, 0.1) is 17.2 Å². The van der Waals surface area contributed by atoms with Gasteiger partial charge in [-0.3, -0.25) is 5.32 Å². The van der Waals surface area contributed by atoms with Crippen LogP contribution in [0.2, 0.25) is 0 Å². The molecule has 0 amide bonds. The fraction of sp³-hybridized carbons (Fsp3) is 0.929. The van der Waals surface area contributed by atoms with Crippen molar-refractivity contribution in [3.63, 3.8) is 0 Å². The molecule has 1 N–H and O–H groups in total. The molecule has 1 aliphatic heterocycles. The molecule has 0 aromatic heterocycles. The van der Waals surface area contributed by atoms with Crippen molar-refractivity contribution in [2.45, 2.75) is 52.0 Å². The summed E-state index contributed by atoms with van der Waals surface area (Å²) in [5, 5.41) is 12.4. The normalized spacial score (nSPS) is 22.0. The first-order valence-corrected chi connectivity index (χ1v) is 6.98. The summed E-state index contributed by atoms with van der Waals surface area (Å²) in [6.45, 7) is 10.9. The molecule has 0 aromatic rings. The SMILES string of the molecule is CCNC(C)(C#N)CCCN1CCC(C)CC1. The second kappa shape index (κ2) is 6.98. The van der Waals surface area contributed by atoms with Crippen LogP contribution in [0.15, 0.2) is 0 Å². The molecule has 0 bridgehead atoms. The molecule has 3 nitrogen and oxygen atoms in total. The predicted octanol–water partition coefficient (Wildman–Crippen LogP) is 2.39. The Labute approximate surface area is 106 Å². The van der Waals surface area contributed by atoms with Crippen LogP contribution in [0.1, 0.15) is 46.5 Å². The number of nitrogens with one attached hydrogen (secondary N) is 1. The molecule has 3 heteroatoms. The van der Waals surface area contributed by atoms with E-state index in [4.69, 9.17) is 5.26 Å². The van der Waals surface area contributed by atoms with Gasteiger partial charge in [0, 0.05) is 0 Å². The van der Waals surface area contributed by atoms with Gasteiger partial charge in [-0.05, 0) is 64.7 Å². The van der Waals surface area contributed by atoms with Gasteiger partial charge in [-0.25, -0.2) is 0 Å². The molecule has 0 radical (unpaired) electrons.